The summed E-state index contributed by atoms with van der Waals surface area (Å²) in [6, 6.07) is 15.2. The molecule has 0 N–H and O–H groups in total. The van der Waals surface area contributed by atoms with E-state index in [1.165, 1.54) is 12.0 Å². The van der Waals surface area contributed by atoms with E-state index in [1.54, 1.807) is 0 Å². The standard InChI is InChI=1S/C27H37N3O2/c1-27(2,3)32-26(31)30(22-14-8-5-9-15-22)25-23(16-10-18-28-25)24-17-11-19-29(24)20-21-12-6-4-7-13-21/h4,6-7,10,12-13,16,18,22,24H,5,8-9,11,14-15,17,19-20H2,1-3H3/t24-/m1/s1. The summed E-state index contributed by atoms with van der Waals surface area (Å²) in [5.74, 6) is 0.790. The molecular weight excluding hydrogens is 398 g/mol. The molecule has 1 saturated carbocycles. The van der Waals surface area contributed by atoms with E-state index >= 15 is 0 Å². The number of ether oxygens (including phenoxy) is 1. The highest BCUT2D eigenvalue weighted by atomic mass is 16.6. The fraction of sp³-hybridized carbons (Fsp3) is 0.556. The van der Waals surface area contributed by atoms with Crippen molar-refractivity contribution in [2.24, 2.45) is 0 Å². The number of hydrogen-bond donors (Lipinski definition) is 0. The van der Waals surface area contributed by atoms with Gasteiger partial charge in [-0.2, -0.15) is 0 Å². The molecule has 32 heavy (non-hydrogen) atoms. The predicted molar refractivity (Wildman–Crippen MR) is 129 cm³/mol. The Labute approximate surface area is 192 Å². The number of carbonyl (C=O) groups excluding carboxylic acids is 1. The van der Waals surface area contributed by atoms with E-state index in [4.69, 9.17) is 9.72 Å². The van der Waals surface area contributed by atoms with Crippen molar-refractivity contribution >= 4 is 11.9 Å². The van der Waals surface area contributed by atoms with Crippen LogP contribution in [0.1, 0.15) is 82.9 Å². The van der Waals surface area contributed by atoms with Gasteiger partial charge in [0.05, 0.1) is 0 Å². The van der Waals surface area contributed by atoms with Crippen LogP contribution < -0.4 is 4.90 Å². The van der Waals surface area contributed by atoms with Crippen molar-refractivity contribution in [3.8, 4) is 0 Å². The molecule has 1 amide bonds. The Morgan fingerprint density at radius 2 is 1.78 bits per heavy atom. The third kappa shape index (κ3) is 5.50. The molecule has 2 aliphatic rings. The molecule has 1 aromatic carbocycles. The average Bonchev–Trinajstić information content (AvgIpc) is 3.22. The molecular formula is C27H37N3O2. The van der Waals surface area contributed by atoms with Crippen LogP contribution in [0.4, 0.5) is 10.6 Å². The van der Waals surface area contributed by atoms with Crippen molar-refractivity contribution in [2.75, 3.05) is 11.4 Å². The Balaban J connectivity index is 1.66. The van der Waals surface area contributed by atoms with Crippen molar-refractivity contribution in [3.05, 3.63) is 59.8 Å². The van der Waals surface area contributed by atoms with Crippen molar-refractivity contribution in [3.63, 3.8) is 0 Å². The Kier molecular flexibility index (Phi) is 7.14. The van der Waals surface area contributed by atoms with Gasteiger partial charge >= 0.3 is 6.09 Å². The highest BCUT2D eigenvalue weighted by Gasteiger charge is 2.36. The lowest BCUT2D eigenvalue weighted by molar-refractivity contribution is 0.0555. The fourth-order valence-corrected chi connectivity index (χ4v) is 5.12. The lowest BCUT2D eigenvalue weighted by Gasteiger charge is -2.37. The molecule has 5 heteroatoms. The first-order valence-electron chi connectivity index (χ1n) is 12.2. The zero-order valence-corrected chi connectivity index (χ0v) is 19.8. The number of hydrogen-bond acceptors (Lipinski definition) is 4. The van der Waals surface area contributed by atoms with Gasteiger partial charge in [0.25, 0.3) is 0 Å². The largest absolute Gasteiger partial charge is 0.443 e. The Morgan fingerprint density at radius 3 is 2.50 bits per heavy atom. The lowest BCUT2D eigenvalue weighted by Crippen LogP contribution is -2.45. The number of likely N-dealkylation sites (tertiary alicyclic amines) is 1. The third-order valence-corrected chi connectivity index (χ3v) is 6.53. The molecule has 1 aromatic heterocycles. The Bertz CT molecular complexity index is 887. The van der Waals surface area contributed by atoms with Gasteiger partial charge in [-0.1, -0.05) is 55.7 Å². The van der Waals surface area contributed by atoms with E-state index in [0.717, 1.165) is 63.0 Å². The first kappa shape index (κ1) is 22.8. The zero-order valence-electron chi connectivity index (χ0n) is 19.8. The van der Waals surface area contributed by atoms with Crippen LogP contribution in [0, 0.1) is 0 Å². The van der Waals surface area contributed by atoms with E-state index in [2.05, 4.69) is 41.3 Å². The number of pyridine rings is 1. The maximum Gasteiger partial charge on any atom is 0.416 e. The molecule has 0 radical (unpaired) electrons. The number of benzene rings is 1. The van der Waals surface area contributed by atoms with Gasteiger partial charge in [-0.05, 0) is 64.6 Å². The number of carbonyl (C=O) groups is 1. The second-order valence-electron chi connectivity index (χ2n) is 10.2. The van der Waals surface area contributed by atoms with Gasteiger partial charge in [-0.25, -0.2) is 9.78 Å². The minimum atomic E-state index is -0.536. The number of aromatic nitrogens is 1. The van der Waals surface area contributed by atoms with Crippen LogP contribution in [-0.2, 0) is 11.3 Å². The number of rotatable bonds is 5. The van der Waals surface area contributed by atoms with Crippen molar-refractivity contribution < 1.29 is 9.53 Å². The number of nitrogens with zero attached hydrogens (tertiary/aromatic N) is 3. The van der Waals surface area contributed by atoms with Crippen LogP contribution in [0.2, 0.25) is 0 Å². The van der Waals surface area contributed by atoms with Gasteiger partial charge in [-0.3, -0.25) is 9.80 Å². The highest BCUT2D eigenvalue weighted by Crippen LogP contribution is 2.39. The predicted octanol–water partition coefficient (Wildman–Crippen LogP) is 6.49. The highest BCUT2D eigenvalue weighted by molar-refractivity contribution is 5.88. The first-order valence-corrected chi connectivity index (χ1v) is 12.2. The molecule has 2 heterocycles. The van der Waals surface area contributed by atoms with Crippen molar-refractivity contribution in [2.45, 2.75) is 89.9 Å². The molecule has 1 saturated heterocycles. The summed E-state index contributed by atoms with van der Waals surface area (Å²) in [5.41, 5.74) is 1.93. The van der Waals surface area contributed by atoms with Gasteiger partial charge < -0.3 is 4.74 Å². The summed E-state index contributed by atoms with van der Waals surface area (Å²) in [7, 11) is 0. The minimum Gasteiger partial charge on any atom is -0.443 e. The third-order valence-electron chi connectivity index (χ3n) is 6.53. The van der Waals surface area contributed by atoms with E-state index in [1.807, 2.05) is 37.9 Å². The molecule has 1 aliphatic carbocycles. The quantitative estimate of drug-likeness (QED) is 0.538. The molecule has 0 bridgehead atoms. The topological polar surface area (TPSA) is 45.7 Å². The molecule has 1 atom stereocenters. The fourth-order valence-electron chi connectivity index (χ4n) is 5.12. The molecule has 2 aromatic rings. The smallest absolute Gasteiger partial charge is 0.416 e. The monoisotopic (exact) mass is 435 g/mol. The second-order valence-corrected chi connectivity index (χ2v) is 10.2. The number of amides is 1. The molecule has 0 spiro atoms. The van der Waals surface area contributed by atoms with Crippen LogP contribution in [0.5, 0.6) is 0 Å². The van der Waals surface area contributed by atoms with Crippen LogP contribution >= 0.6 is 0 Å². The van der Waals surface area contributed by atoms with Crippen LogP contribution in [-0.4, -0.2) is 34.2 Å². The van der Waals surface area contributed by atoms with E-state index in [9.17, 15) is 4.79 Å². The lowest BCUT2D eigenvalue weighted by atomic mass is 9.93. The normalized spacial score (nSPS) is 20.3. The first-order chi connectivity index (χ1) is 15.4. The second kappa shape index (κ2) is 10.0. The number of anilines is 1. The summed E-state index contributed by atoms with van der Waals surface area (Å²) in [5, 5.41) is 0. The van der Waals surface area contributed by atoms with Gasteiger partial charge in [0.1, 0.15) is 11.4 Å². The molecule has 4 rings (SSSR count). The maximum atomic E-state index is 13.4. The van der Waals surface area contributed by atoms with Crippen molar-refractivity contribution in [1.29, 1.82) is 0 Å². The summed E-state index contributed by atoms with van der Waals surface area (Å²) < 4.78 is 5.88. The molecule has 5 nitrogen and oxygen atoms in total. The Morgan fingerprint density at radius 1 is 1.03 bits per heavy atom. The molecule has 2 fully saturated rings. The van der Waals surface area contributed by atoms with Crippen LogP contribution in [0.15, 0.2) is 48.7 Å². The van der Waals surface area contributed by atoms with E-state index < -0.39 is 5.60 Å². The summed E-state index contributed by atoms with van der Waals surface area (Å²) >= 11 is 0. The molecule has 0 unspecified atom stereocenters. The van der Waals surface area contributed by atoms with Gasteiger partial charge in [0.15, 0.2) is 0 Å². The zero-order chi connectivity index (χ0) is 22.6. The van der Waals surface area contributed by atoms with Crippen molar-refractivity contribution in [1.82, 2.24) is 9.88 Å². The summed E-state index contributed by atoms with van der Waals surface area (Å²) in [6.07, 6.45) is 9.33. The van der Waals surface area contributed by atoms with E-state index in [0.29, 0.717) is 0 Å². The van der Waals surface area contributed by atoms with Gasteiger partial charge in [0.2, 0.25) is 0 Å². The van der Waals surface area contributed by atoms with Crippen LogP contribution in [0.3, 0.4) is 0 Å². The SMILES string of the molecule is CC(C)(C)OC(=O)N(c1ncccc1[C@H]1CCCN1Cc1ccccc1)C1CCCCC1. The van der Waals surface area contributed by atoms with E-state index in [-0.39, 0.29) is 18.2 Å². The van der Waals surface area contributed by atoms with Gasteiger partial charge in [0, 0.05) is 30.4 Å². The summed E-state index contributed by atoms with van der Waals surface area (Å²) in [6.45, 7) is 7.77. The minimum absolute atomic E-state index is 0.149. The van der Waals surface area contributed by atoms with Gasteiger partial charge in [-0.15, -0.1) is 0 Å². The summed E-state index contributed by atoms with van der Waals surface area (Å²) in [4.78, 5) is 22.7. The maximum absolute atomic E-state index is 13.4. The average molecular weight is 436 g/mol. The molecule has 172 valence electrons. The molecule has 1 aliphatic heterocycles. The van der Waals surface area contributed by atoms with Crippen LogP contribution in [0.25, 0.3) is 0 Å². The Hall–Kier alpha value is -2.40.